The van der Waals surface area contributed by atoms with Crippen molar-refractivity contribution < 1.29 is 19.1 Å². The minimum absolute atomic E-state index is 0.309. The fourth-order valence-corrected chi connectivity index (χ4v) is 1.46. The molecule has 0 aromatic rings. The third kappa shape index (κ3) is 1.53. The van der Waals surface area contributed by atoms with E-state index in [1.54, 1.807) is 20.8 Å². The zero-order chi connectivity index (χ0) is 10.2. The lowest BCUT2D eigenvalue weighted by molar-refractivity contribution is -0.163. The Kier molecular flexibility index (Phi) is 2.32. The second-order valence-corrected chi connectivity index (χ2v) is 3.58. The summed E-state index contributed by atoms with van der Waals surface area (Å²) in [4.78, 5) is 22.0. The molecule has 1 rings (SSSR count). The van der Waals surface area contributed by atoms with E-state index in [1.807, 2.05) is 0 Å². The first-order valence-corrected chi connectivity index (χ1v) is 4.28. The van der Waals surface area contributed by atoms with Crippen LogP contribution < -0.4 is 0 Å². The zero-order valence-electron chi connectivity index (χ0n) is 8.29. The van der Waals surface area contributed by atoms with Crippen LogP contribution in [0.25, 0.3) is 0 Å². The molecule has 4 heteroatoms. The molecule has 1 fully saturated rings. The molecule has 0 N–H and O–H groups in total. The molecule has 1 aliphatic heterocycles. The lowest BCUT2D eigenvalue weighted by Crippen LogP contribution is -2.42. The van der Waals surface area contributed by atoms with Crippen LogP contribution in [0.5, 0.6) is 0 Å². The van der Waals surface area contributed by atoms with Crippen molar-refractivity contribution >= 4 is 11.9 Å². The number of hydrogen-bond donors (Lipinski definition) is 0. The van der Waals surface area contributed by atoms with Crippen molar-refractivity contribution in [2.75, 3.05) is 0 Å². The van der Waals surface area contributed by atoms with Crippen LogP contribution >= 0.6 is 0 Å². The van der Waals surface area contributed by atoms with Gasteiger partial charge in [0.2, 0.25) is 0 Å². The Morgan fingerprint density at radius 2 is 2.08 bits per heavy atom. The molecule has 0 aliphatic carbocycles. The van der Waals surface area contributed by atoms with E-state index in [1.165, 1.54) is 6.92 Å². The quantitative estimate of drug-likeness (QED) is 0.571. The Labute approximate surface area is 77.2 Å². The summed E-state index contributed by atoms with van der Waals surface area (Å²) in [6.45, 7) is 6.47. The molecule has 13 heavy (non-hydrogen) atoms. The lowest BCUT2D eigenvalue weighted by atomic mass is 9.89. The molecular formula is C9H14O4. The first kappa shape index (κ1) is 10.0. The molecule has 0 spiro atoms. The Bertz CT molecular complexity index is 248. The zero-order valence-corrected chi connectivity index (χ0v) is 8.29. The minimum Gasteiger partial charge on any atom is -0.458 e. The Hall–Kier alpha value is -1.06. The van der Waals surface area contributed by atoms with Crippen molar-refractivity contribution in [1.82, 2.24) is 0 Å². The van der Waals surface area contributed by atoms with Gasteiger partial charge in [0, 0.05) is 6.92 Å². The third-order valence-electron chi connectivity index (χ3n) is 2.68. The highest BCUT2D eigenvalue weighted by Gasteiger charge is 2.52. The fourth-order valence-electron chi connectivity index (χ4n) is 1.46. The van der Waals surface area contributed by atoms with E-state index in [0.29, 0.717) is 0 Å². The Morgan fingerprint density at radius 3 is 2.38 bits per heavy atom. The van der Waals surface area contributed by atoms with E-state index >= 15 is 0 Å². The highest BCUT2D eigenvalue weighted by Crippen LogP contribution is 2.35. The van der Waals surface area contributed by atoms with Crippen LogP contribution in [0.4, 0.5) is 0 Å². The van der Waals surface area contributed by atoms with Gasteiger partial charge in [-0.05, 0) is 20.8 Å². The molecule has 3 atom stereocenters. The van der Waals surface area contributed by atoms with E-state index < -0.39 is 11.5 Å². The van der Waals surface area contributed by atoms with Crippen LogP contribution in [-0.4, -0.2) is 23.6 Å². The normalized spacial score (nSPS) is 38.6. The number of esters is 2. The number of hydrogen-bond acceptors (Lipinski definition) is 4. The van der Waals surface area contributed by atoms with Crippen molar-refractivity contribution in [3.05, 3.63) is 0 Å². The predicted octanol–water partition coefficient (Wildman–Crippen LogP) is 0.890. The summed E-state index contributed by atoms with van der Waals surface area (Å²) < 4.78 is 10.1. The van der Waals surface area contributed by atoms with Gasteiger partial charge in [0.15, 0.2) is 5.60 Å². The number of rotatable bonds is 1. The van der Waals surface area contributed by atoms with Crippen LogP contribution in [0.3, 0.4) is 0 Å². The maximum Gasteiger partial charge on any atom is 0.313 e. The lowest BCUT2D eigenvalue weighted by Gasteiger charge is -2.28. The summed E-state index contributed by atoms with van der Waals surface area (Å²) in [6.07, 6.45) is -0.376. The fraction of sp³-hybridized carbons (Fsp3) is 0.778. The summed E-state index contributed by atoms with van der Waals surface area (Å²) in [5, 5.41) is 0. The van der Waals surface area contributed by atoms with E-state index in [0.717, 1.165) is 0 Å². The largest absolute Gasteiger partial charge is 0.458 e. The van der Waals surface area contributed by atoms with E-state index in [2.05, 4.69) is 0 Å². The highest BCUT2D eigenvalue weighted by atomic mass is 16.6. The smallest absolute Gasteiger partial charge is 0.313 e. The van der Waals surface area contributed by atoms with Crippen molar-refractivity contribution in [2.24, 2.45) is 5.92 Å². The highest BCUT2D eigenvalue weighted by molar-refractivity contribution is 5.77. The van der Waals surface area contributed by atoms with Gasteiger partial charge in [-0.2, -0.15) is 0 Å². The Balaban J connectivity index is 2.87. The van der Waals surface area contributed by atoms with Crippen LogP contribution in [0.2, 0.25) is 0 Å². The van der Waals surface area contributed by atoms with Gasteiger partial charge in [-0.25, -0.2) is 0 Å². The average Bonchev–Trinajstić information content (AvgIpc) is 2.15. The molecule has 4 nitrogen and oxygen atoms in total. The van der Waals surface area contributed by atoms with Gasteiger partial charge in [0.25, 0.3) is 0 Å². The van der Waals surface area contributed by atoms with Crippen LogP contribution in [-0.2, 0) is 19.1 Å². The SMILES string of the molecule is CC(=O)O[C@]1(C)C(C)OC(=O)[C@@H]1C. The van der Waals surface area contributed by atoms with Gasteiger partial charge < -0.3 is 9.47 Å². The second-order valence-electron chi connectivity index (χ2n) is 3.58. The van der Waals surface area contributed by atoms with Crippen molar-refractivity contribution in [2.45, 2.75) is 39.4 Å². The predicted molar refractivity (Wildman–Crippen MR) is 44.9 cm³/mol. The number of carbonyl (C=O) groups is 2. The summed E-state index contributed by atoms with van der Waals surface area (Å²) >= 11 is 0. The topological polar surface area (TPSA) is 52.6 Å². The standard InChI is InChI=1S/C9H14O4/c1-5-8(11)12-6(2)9(5,4)13-7(3)10/h5-6H,1-4H3/t5-,6?,9-/m0/s1. The molecule has 0 aromatic heterocycles. The van der Waals surface area contributed by atoms with Gasteiger partial charge in [0.1, 0.15) is 6.10 Å². The molecule has 74 valence electrons. The molecule has 0 aromatic carbocycles. The van der Waals surface area contributed by atoms with Gasteiger partial charge >= 0.3 is 11.9 Å². The van der Waals surface area contributed by atoms with Gasteiger partial charge in [-0.3, -0.25) is 9.59 Å². The van der Waals surface area contributed by atoms with E-state index in [4.69, 9.17) is 9.47 Å². The van der Waals surface area contributed by atoms with Gasteiger partial charge in [0.05, 0.1) is 5.92 Å². The summed E-state index contributed by atoms with van der Waals surface area (Å²) in [5.41, 5.74) is -0.817. The maximum atomic E-state index is 11.2. The third-order valence-corrected chi connectivity index (χ3v) is 2.68. The van der Waals surface area contributed by atoms with E-state index in [-0.39, 0.29) is 18.0 Å². The van der Waals surface area contributed by atoms with Crippen molar-refractivity contribution in [3.63, 3.8) is 0 Å². The molecule has 1 unspecified atom stereocenters. The summed E-state index contributed by atoms with van der Waals surface area (Å²) in [7, 11) is 0. The molecule has 1 saturated heterocycles. The summed E-state index contributed by atoms with van der Waals surface area (Å²) in [5.74, 6) is -1.10. The molecule has 0 saturated carbocycles. The van der Waals surface area contributed by atoms with Crippen molar-refractivity contribution in [1.29, 1.82) is 0 Å². The maximum absolute atomic E-state index is 11.2. The monoisotopic (exact) mass is 186 g/mol. The average molecular weight is 186 g/mol. The Morgan fingerprint density at radius 1 is 1.54 bits per heavy atom. The van der Waals surface area contributed by atoms with Crippen LogP contribution in [0.1, 0.15) is 27.7 Å². The molecule has 0 bridgehead atoms. The first-order chi connectivity index (χ1) is 5.88. The second kappa shape index (κ2) is 3.01. The van der Waals surface area contributed by atoms with Crippen molar-refractivity contribution in [3.8, 4) is 0 Å². The van der Waals surface area contributed by atoms with Crippen LogP contribution in [0.15, 0.2) is 0 Å². The summed E-state index contributed by atoms with van der Waals surface area (Å²) in [6, 6.07) is 0. The molecule has 1 heterocycles. The molecule has 0 radical (unpaired) electrons. The number of ether oxygens (including phenoxy) is 2. The minimum atomic E-state index is -0.817. The number of cyclic esters (lactones) is 1. The number of carbonyl (C=O) groups excluding carboxylic acids is 2. The van der Waals surface area contributed by atoms with Gasteiger partial charge in [-0.1, -0.05) is 0 Å². The van der Waals surface area contributed by atoms with Gasteiger partial charge in [-0.15, -0.1) is 0 Å². The molecule has 0 amide bonds. The molecular weight excluding hydrogens is 172 g/mol. The van der Waals surface area contributed by atoms with E-state index in [9.17, 15) is 9.59 Å². The van der Waals surface area contributed by atoms with Crippen LogP contribution in [0, 0.1) is 5.92 Å². The molecule has 1 aliphatic rings. The first-order valence-electron chi connectivity index (χ1n) is 4.28.